The Hall–Kier alpha value is -1.78. The maximum absolute atomic E-state index is 10.5. The SMILES string of the molecule is CC(=CCCC(C=O)(C=O)C=O)C(=O)O. The zero-order valence-electron chi connectivity index (χ0n) is 8.30. The molecule has 0 bridgehead atoms. The van der Waals surface area contributed by atoms with E-state index in [-0.39, 0.29) is 37.3 Å². The summed E-state index contributed by atoms with van der Waals surface area (Å²) in [5.41, 5.74) is -1.51. The van der Waals surface area contributed by atoms with Crippen LogP contribution in [0, 0.1) is 5.41 Å². The number of carboxylic acids is 1. The molecule has 15 heavy (non-hydrogen) atoms. The molecule has 0 aromatic rings. The van der Waals surface area contributed by atoms with Crippen molar-refractivity contribution < 1.29 is 24.3 Å². The fourth-order valence-electron chi connectivity index (χ4n) is 0.886. The highest BCUT2D eigenvalue weighted by molar-refractivity contribution is 6.01. The summed E-state index contributed by atoms with van der Waals surface area (Å²) in [6.45, 7) is 1.40. The fraction of sp³-hybridized carbons (Fsp3) is 0.400. The van der Waals surface area contributed by atoms with Gasteiger partial charge >= 0.3 is 5.97 Å². The average molecular weight is 212 g/mol. The summed E-state index contributed by atoms with van der Waals surface area (Å²) < 4.78 is 0. The van der Waals surface area contributed by atoms with E-state index in [9.17, 15) is 19.2 Å². The first kappa shape index (κ1) is 13.2. The average Bonchev–Trinajstić information content (AvgIpc) is 2.24. The van der Waals surface area contributed by atoms with Crippen LogP contribution in [-0.4, -0.2) is 29.9 Å². The van der Waals surface area contributed by atoms with Crippen LogP contribution in [0.2, 0.25) is 0 Å². The van der Waals surface area contributed by atoms with Crippen LogP contribution in [0.25, 0.3) is 0 Å². The quantitative estimate of drug-likeness (QED) is 0.374. The molecule has 0 aliphatic carbocycles. The van der Waals surface area contributed by atoms with Crippen LogP contribution >= 0.6 is 0 Å². The Labute approximate surface area is 86.8 Å². The van der Waals surface area contributed by atoms with Gasteiger partial charge in [-0.25, -0.2) is 4.79 Å². The summed E-state index contributed by atoms with van der Waals surface area (Å²) in [5.74, 6) is -1.07. The van der Waals surface area contributed by atoms with E-state index in [0.717, 1.165) is 0 Å². The first-order valence-corrected chi connectivity index (χ1v) is 4.30. The topological polar surface area (TPSA) is 88.5 Å². The highest BCUT2D eigenvalue weighted by atomic mass is 16.4. The maximum atomic E-state index is 10.5. The molecule has 0 saturated carbocycles. The molecule has 1 N–H and O–H groups in total. The molecule has 0 amide bonds. The Bertz CT molecular complexity index is 281. The third-order valence-corrected chi connectivity index (χ3v) is 2.02. The van der Waals surface area contributed by atoms with Crippen LogP contribution in [0.4, 0.5) is 0 Å². The molecule has 0 atom stereocenters. The predicted octanol–water partition coefficient (Wildman–Crippen LogP) is 0.381. The molecule has 5 heteroatoms. The van der Waals surface area contributed by atoms with E-state index in [1.165, 1.54) is 13.0 Å². The minimum Gasteiger partial charge on any atom is -0.478 e. The third-order valence-electron chi connectivity index (χ3n) is 2.02. The Morgan fingerprint density at radius 2 is 1.67 bits per heavy atom. The van der Waals surface area contributed by atoms with Crippen LogP contribution < -0.4 is 0 Å². The molecule has 0 aliphatic heterocycles. The zero-order valence-corrected chi connectivity index (χ0v) is 8.30. The number of rotatable bonds is 7. The van der Waals surface area contributed by atoms with Gasteiger partial charge in [0.2, 0.25) is 0 Å². The molecule has 0 spiro atoms. The van der Waals surface area contributed by atoms with Crippen LogP contribution in [0.1, 0.15) is 19.8 Å². The molecular weight excluding hydrogens is 200 g/mol. The lowest BCUT2D eigenvalue weighted by atomic mass is 9.88. The summed E-state index contributed by atoms with van der Waals surface area (Å²) in [4.78, 5) is 41.9. The molecular formula is C10H12O5. The number of hydrogen-bond donors (Lipinski definition) is 1. The number of aldehydes is 3. The smallest absolute Gasteiger partial charge is 0.330 e. The highest BCUT2D eigenvalue weighted by Gasteiger charge is 2.27. The molecule has 0 saturated heterocycles. The van der Waals surface area contributed by atoms with Crippen molar-refractivity contribution in [3.05, 3.63) is 11.6 Å². The third kappa shape index (κ3) is 3.84. The molecule has 0 aliphatic rings. The molecule has 0 aromatic carbocycles. The second kappa shape index (κ2) is 5.85. The molecule has 0 unspecified atom stereocenters. The summed E-state index contributed by atoms with van der Waals surface area (Å²) in [5, 5.41) is 8.51. The Balaban J connectivity index is 4.43. The fourth-order valence-corrected chi connectivity index (χ4v) is 0.886. The predicted molar refractivity (Wildman–Crippen MR) is 51.3 cm³/mol. The lowest BCUT2D eigenvalue weighted by molar-refractivity contribution is -0.134. The van der Waals surface area contributed by atoms with E-state index in [4.69, 9.17) is 5.11 Å². The molecule has 0 heterocycles. The van der Waals surface area contributed by atoms with E-state index in [2.05, 4.69) is 0 Å². The van der Waals surface area contributed by atoms with E-state index in [1.807, 2.05) is 0 Å². The van der Waals surface area contributed by atoms with Gasteiger partial charge in [-0.15, -0.1) is 0 Å². The van der Waals surface area contributed by atoms with E-state index >= 15 is 0 Å². The summed E-state index contributed by atoms with van der Waals surface area (Å²) in [6, 6.07) is 0. The monoisotopic (exact) mass is 212 g/mol. The van der Waals surface area contributed by atoms with Crippen LogP contribution in [0.15, 0.2) is 11.6 Å². The highest BCUT2D eigenvalue weighted by Crippen LogP contribution is 2.16. The molecule has 82 valence electrons. The molecule has 0 rings (SSSR count). The van der Waals surface area contributed by atoms with Crippen LogP contribution in [-0.2, 0) is 19.2 Å². The van der Waals surface area contributed by atoms with Gasteiger partial charge in [0.15, 0.2) is 0 Å². The van der Waals surface area contributed by atoms with Crippen LogP contribution in [0.5, 0.6) is 0 Å². The van der Waals surface area contributed by atoms with Crippen molar-refractivity contribution in [2.24, 2.45) is 5.41 Å². The Morgan fingerprint density at radius 1 is 1.20 bits per heavy atom. The number of carbonyl (C=O) groups excluding carboxylic acids is 3. The van der Waals surface area contributed by atoms with Crippen molar-refractivity contribution in [1.29, 1.82) is 0 Å². The Kier molecular flexibility index (Phi) is 5.15. The van der Waals surface area contributed by atoms with Gasteiger partial charge < -0.3 is 19.5 Å². The van der Waals surface area contributed by atoms with Crippen LogP contribution in [0.3, 0.4) is 0 Å². The number of carbonyl (C=O) groups is 4. The van der Waals surface area contributed by atoms with Gasteiger partial charge in [-0.1, -0.05) is 6.08 Å². The van der Waals surface area contributed by atoms with E-state index < -0.39 is 11.4 Å². The van der Waals surface area contributed by atoms with Gasteiger partial charge in [0.05, 0.1) is 0 Å². The Morgan fingerprint density at radius 3 is 2.00 bits per heavy atom. The zero-order chi connectivity index (χ0) is 11.9. The molecule has 0 radical (unpaired) electrons. The van der Waals surface area contributed by atoms with Crippen molar-refractivity contribution >= 4 is 24.8 Å². The number of hydrogen-bond acceptors (Lipinski definition) is 4. The van der Waals surface area contributed by atoms with Gasteiger partial charge in [-0.05, 0) is 19.8 Å². The summed E-state index contributed by atoms with van der Waals surface area (Å²) >= 11 is 0. The molecule has 5 nitrogen and oxygen atoms in total. The summed E-state index contributed by atoms with van der Waals surface area (Å²) in [7, 11) is 0. The van der Waals surface area contributed by atoms with Crippen molar-refractivity contribution in [2.45, 2.75) is 19.8 Å². The minimum atomic E-state index is -1.63. The number of allylic oxidation sites excluding steroid dienone is 1. The maximum Gasteiger partial charge on any atom is 0.330 e. The summed E-state index contributed by atoms with van der Waals surface area (Å²) in [6.07, 6.45) is 2.38. The first-order chi connectivity index (χ1) is 7.01. The van der Waals surface area contributed by atoms with E-state index in [1.54, 1.807) is 0 Å². The first-order valence-electron chi connectivity index (χ1n) is 4.30. The van der Waals surface area contributed by atoms with E-state index in [0.29, 0.717) is 0 Å². The lowest BCUT2D eigenvalue weighted by Crippen LogP contribution is -2.26. The standard InChI is InChI=1S/C10H12O5/c1-8(9(14)15)3-2-4-10(5-11,6-12)7-13/h3,5-7H,2,4H2,1H3,(H,14,15). The van der Waals surface area contributed by atoms with Gasteiger partial charge in [-0.2, -0.15) is 0 Å². The molecule has 0 aromatic heterocycles. The normalized spacial score (nSPS) is 11.9. The van der Waals surface area contributed by atoms with Gasteiger partial charge in [0, 0.05) is 5.57 Å². The van der Waals surface area contributed by atoms with Crippen molar-refractivity contribution in [1.82, 2.24) is 0 Å². The lowest BCUT2D eigenvalue weighted by Gasteiger charge is -2.11. The van der Waals surface area contributed by atoms with Crippen molar-refractivity contribution in [3.8, 4) is 0 Å². The second-order valence-corrected chi connectivity index (χ2v) is 3.20. The number of aliphatic carboxylic acids is 1. The second-order valence-electron chi connectivity index (χ2n) is 3.20. The minimum absolute atomic E-state index is 0.00583. The van der Waals surface area contributed by atoms with Crippen molar-refractivity contribution in [2.75, 3.05) is 0 Å². The van der Waals surface area contributed by atoms with Gasteiger partial charge in [0.1, 0.15) is 24.3 Å². The van der Waals surface area contributed by atoms with Gasteiger partial charge in [0.25, 0.3) is 0 Å². The molecule has 0 fully saturated rings. The van der Waals surface area contributed by atoms with Crippen molar-refractivity contribution in [3.63, 3.8) is 0 Å². The number of carboxylic acid groups (broad SMARTS) is 1. The largest absolute Gasteiger partial charge is 0.478 e. The van der Waals surface area contributed by atoms with Gasteiger partial charge in [-0.3, -0.25) is 0 Å².